The van der Waals surface area contributed by atoms with Gasteiger partial charge in [0.15, 0.2) is 0 Å². The highest BCUT2D eigenvalue weighted by Gasteiger charge is 2.49. The Labute approximate surface area is 185 Å². The molecule has 4 fully saturated rings. The lowest BCUT2D eigenvalue weighted by molar-refractivity contribution is -0.0604. The first kappa shape index (κ1) is 19.4. The lowest BCUT2D eigenvalue weighted by Gasteiger charge is -2.59. The Morgan fingerprint density at radius 3 is 2.42 bits per heavy atom. The van der Waals surface area contributed by atoms with E-state index in [0.717, 1.165) is 41.5 Å². The van der Waals surface area contributed by atoms with Gasteiger partial charge in [0.25, 0.3) is 0 Å². The topological polar surface area (TPSA) is 28.1 Å². The first-order chi connectivity index (χ1) is 15.3. The van der Waals surface area contributed by atoms with Gasteiger partial charge >= 0.3 is 0 Å². The minimum absolute atomic E-state index is 0.704. The largest absolute Gasteiger partial charge is 0.457 e. The molecule has 31 heavy (non-hydrogen) atoms. The van der Waals surface area contributed by atoms with Crippen molar-refractivity contribution in [1.82, 2.24) is 9.80 Å². The zero-order chi connectivity index (χ0) is 20.6. The molecule has 4 heterocycles. The molecule has 0 amide bonds. The number of aliphatic imine (C=N–C) groups is 1. The second-order valence-electron chi connectivity index (χ2n) is 9.78. The predicted octanol–water partition coefficient (Wildman–Crippen LogP) is 5.87. The summed E-state index contributed by atoms with van der Waals surface area (Å²) >= 11 is 0. The third-order valence-corrected chi connectivity index (χ3v) is 7.98. The van der Waals surface area contributed by atoms with Crippen LogP contribution in [0.5, 0.6) is 11.5 Å². The smallest absolute Gasteiger partial charge is 0.127 e. The fourth-order valence-corrected chi connectivity index (χ4v) is 6.76. The predicted molar refractivity (Wildman–Crippen MR) is 125 cm³/mol. The fraction of sp³-hybridized carbons (Fsp3) is 0.519. The van der Waals surface area contributed by atoms with Gasteiger partial charge in [0, 0.05) is 25.0 Å². The molecule has 2 aromatic carbocycles. The van der Waals surface area contributed by atoms with E-state index in [9.17, 15) is 0 Å². The molecule has 0 aliphatic carbocycles. The number of nitrogens with zero attached hydrogens (tertiary/aromatic N) is 3. The van der Waals surface area contributed by atoms with Crippen molar-refractivity contribution in [1.29, 1.82) is 0 Å². The van der Waals surface area contributed by atoms with Gasteiger partial charge in [-0.15, -0.1) is 0 Å². The molecule has 0 spiro atoms. The zero-order valence-electron chi connectivity index (χ0n) is 18.3. The first-order valence-electron chi connectivity index (χ1n) is 12.3. The van der Waals surface area contributed by atoms with Gasteiger partial charge in [-0.25, -0.2) is 4.99 Å². The van der Waals surface area contributed by atoms with Crippen LogP contribution in [0.3, 0.4) is 0 Å². The molecule has 4 atom stereocenters. The highest BCUT2D eigenvalue weighted by atomic mass is 16.5. The molecule has 4 heteroatoms. The van der Waals surface area contributed by atoms with Gasteiger partial charge in [0.1, 0.15) is 17.3 Å². The van der Waals surface area contributed by atoms with Crippen LogP contribution >= 0.6 is 0 Å². The highest BCUT2D eigenvalue weighted by molar-refractivity contribution is 5.86. The van der Waals surface area contributed by atoms with E-state index >= 15 is 0 Å². The Hall–Kier alpha value is -2.33. The first-order valence-corrected chi connectivity index (χ1v) is 12.3. The summed E-state index contributed by atoms with van der Waals surface area (Å²) in [4.78, 5) is 10.7. The summed E-state index contributed by atoms with van der Waals surface area (Å²) in [5.74, 6) is 4.74. The number of para-hydroxylation sites is 1. The Bertz CT molecular complexity index is 923. The number of piperidine rings is 4. The highest BCUT2D eigenvalue weighted by Crippen LogP contribution is 2.45. The van der Waals surface area contributed by atoms with E-state index in [-0.39, 0.29) is 0 Å². The minimum Gasteiger partial charge on any atom is -0.457 e. The molecule has 0 bridgehead atoms. The Balaban J connectivity index is 1.22. The van der Waals surface area contributed by atoms with E-state index in [2.05, 4.69) is 21.9 Å². The average Bonchev–Trinajstić information content (AvgIpc) is 2.82. The van der Waals surface area contributed by atoms with Crippen molar-refractivity contribution in [2.45, 2.75) is 57.0 Å². The van der Waals surface area contributed by atoms with E-state index < -0.39 is 0 Å². The Morgan fingerprint density at radius 2 is 1.58 bits per heavy atom. The van der Waals surface area contributed by atoms with Gasteiger partial charge in [-0.1, -0.05) is 18.2 Å². The van der Waals surface area contributed by atoms with Crippen LogP contribution in [0.15, 0.2) is 59.6 Å². The summed E-state index contributed by atoms with van der Waals surface area (Å²) in [5, 5.41) is 0. The maximum atomic E-state index is 5.95. The van der Waals surface area contributed by atoms with Crippen molar-refractivity contribution in [3.05, 3.63) is 54.6 Å². The van der Waals surface area contributed by atoms with E-state index in [1.807, 2.05) is 42.5 Å². The monoisotopic (exact) mass is 415 g/mol. The summed E-state index contributed by atoms with van der Waals surface area (Å²) in [6, 6.07) is 19.8. The summed E-state index contributed by atoms with van der Waals surface area (Å²) in [6.07, 6.45) is 9.33. The molecule has 2 aromatic rings. The third kappa shape index (κ3) is 3.76. The molecular weight excluding hydrogens is 382 g/mol. The molecule has 0 radical (unpaired) electrons. The van der Waals surface area contributed by atoms with Crippen molar-refractivity contribution in [3.63, 3.8) is 0 Å². The van der Waals surface area contributed by atoms with Crippen molar-refractivity contribution >= 4 is 11.5 Å². The quantitative estimate of drug-likeness (QED) is 0.628. The van der Waals surface area contributed by atoms with Crippen molar-refractivity contribution in [2.24, 2.45) is 16.8 Å². The lowest BCUT2D eigenvalue weighted by Crippen LogP contribution is -2.66. The summed E-state index contributed by atoms with van der Waals surface area (Å²) < 4.78 is 5.95. The summed E-state index contributed by atoms with van der Waals surface area (Å²) in [7, 11) is 0. The Kier molecular flexibility index (Phi) is 5.19. The molecule has 0 aromatic heterocycles. The zero-order valence-corrected chi connectivity index (χ0v) is 18.3. The second-order valence-corrected chi connectivity index (χ2v) is 9.78. The van der Waals surface area contributed by atoms with Gasteiger partial charge in [-0.2, -0.15) is 0 Å². The number of fused-ring (bicyclic) bond motifs is 2. The molecule has 6 rings (SSSR count). The van der Waals surface area contributed by atoms with Crippen LogP contribution in [0.2, 0.25) is 0 Å². The van der Waals surface area contributed by atoms with Crippen LogP contribution in [-0.2, 0) is 0 Å². The van der Waals surface area contributed by atoms with Crippen LogP contribution in [0.25, 0.3) is 0 Å². The maximum Gasteiger partial charge on any atom is 0.127 e. The molecule has 162 valence electrons. The Morgan fingerprint density at radius 1 is 0.806 bits per heavy atom. The minimum atomic E-state index is 0.704. The summed E-state index contributed by atoms with van der Waals surface area (Å²) in [6.45, 7) is 3.89. The molecule has 0 unspecified atom stereocenters. The molecule has 4 saturated heterocycles. The van der Waals surface area contributed by atoms with Gasteiger partial charge in [0.2, 0.25) is 0 Å². The van der Waals surface area contributed by atoms with E-state index in [1.54, 1.807) is 0 Å². The van der Waals surface area contributed by atoms with E-state index in [4.69, 9.17) is 9.73 Å². The van der Waals surface area contributed by atoms with Crippen LogP contribution in [0.4, 0.5) is 5.69 Å². The molecule has 4 nitrogen and oxygen atoms in total. The molecular formula is C27H33N3O. The van der Waals surface area contributed by atoms with Crippen LogP contribution < -0.4 is 4.74 Å². The number of rotatable bonds is 3. The van der Waals surface area contributed by atoms with Gasteiger partial charge in [0.05, 0.1) is 5.69 Å². The van der Waals surface area contributed by atoms with E-state index in [1.165, 1.54) is 64.0 Å². The summed E-state index contributed by atoms with van der Waals surface area (Å²) in [5.41, 5.74) is 1.05. The molecule has 0 N–H and O–H groups in total. The number of benzene rings is 2. The number of hydrogen-bond acceptors (Lipinski definition) is 3. The third-order valence-electron chi connectivity index (χ3n) is 7.98. The lowest BCUT2D eigenvalue weighted by atomic mass is 9.68. The van der Waals surface area contributed by atoms with Crippen molar-refractivity contribution < 1.29 is 4.74 Å². The number of ether oxygens (including phenoxy) is 1. The second kappa shape index (κ2) is 8.31. The van der Waals surface area contributed by atoms with Crippen molar-refractivity contribution in [2.75, 3.05) is 19.6 Å². The fourth-order valence-electron chi connectivity index (χ4n) is 6.76. The maximum absolute atomic E-state index is 5.95. The normalized spacial score (nSPS) is 31.7. The molecule has 0 saturated carbocycles. The standard InChI is InChI=1S/C27H33N3O/c1-2-8-22(9-3-1)31-23-15-13-21(14-16-23)28-26-12-4-11-25-24-10-6-18-29-17-5-7-20(27(24)29)19-30(25)26/h1-3,8-9,13-16,20,24-25,27H,4-7,10-12,17-19H2/t20-,24+,25+,27-/m0/s1. The van der Waals surface area contributed by atoms with Crippen LogP contribution in [-0.4, -0.2) is 47.4 Å². The van der Waals surface area contributed by atoms with Crippen LogP contribution in [0.1, 0.15) is 44.9 Å². The number of hydrogen-bond donors (Lipinski definition) is 0. The molecule has 4 aliphatic heterocycles. The van der Waals surface area contributed by atoms with Gasteiger partial charge < -0.3 is 9.64 Å². The SMILES string of the molecule is c1ccc(Oc2ccc(N=C3CCC[C@@H]4[C@H]5CCCN6CCC[C@@H](CN34)[C@@H]56)cc2)cc1. The number of amidine groups is 1. The van der Waals surface area contributed by atoms with E-state index in [0.29, 0.717) is 6.04 Å². The average molecular weight is 416 g/mol. The van der Waals surface area contributed by atoms with Gasteiger partial charge in [-0.3, -0.25) is 4.90 Å². The van der Waals surface area contributed by atoms with Crippen LogP contribution in [0, 0.1) is 11.8 Å². The van der Waals surface area contributed by atoms with Gasteiger partial charge in [-0.05, 0) is 99.8 Å². The molecule has 4 aliphatic rings. The van der Waals surface area contributed by atoms with Crippen molar-refractivity contribution in [3.8, 4) is 11.5 Å².